The van der Waals surface area contributed by atoms with E-state index in [4.69, 9.17) is 5.73 Å². The van der Waals surface area contributed by atoms with E-state index in [-0.39, 0.29) is 5.91 Å². The van der Waals surface area contributed by atoms with Crippen LogP contribution in [0.4, 0.5) is 0 Å². The lowest BCUT2D eigenvalue weighted by Gasteiger charge is -2.26. The van der Waals surface area contributed by atoms with Gasteiger partial charge in [0.05, 0.1) is 0 Å². The van der Waals surface area contributed by atoms with Crippen molar-refractivity contribution in [1.82, 2.24) is 10.4 Å². The average molecular weight is 233 g/mol. The third kappa shape index (κ3) is 3.28. The van der Waals surface area contributed by atoms with Gasteiger partial charge in [0.25, 0.3) is 5.91 Å². The lowest BCUT2D eigenvalue weighted by molar-refractivity contribution is 0.0750. The van der Waals surface area contributed by atoms with Crippen LogP contribution in [0.3, 0.4) is 0 Å². The van der Waals surface area contributed by atoms with Crippen LogP contribution in [0.1, 0.15) is 35.2 Å². The van der Waals surface area contributed by atoms with Gasteiger partial charge >= 0.3 is 0 Å². The molecule has 0 atom stereocenters. The predicted molar refractivity (Wildman–Crippen MR) is 67.2 cm³/mol. The third-order valence-electron chi connectivity index (χ3n) is 3.04. The number of nitrogens with one attached hydrogen (secondary N) is 1. The van der Waals surface area contributed by atoms with Crippen molar-refractivity contribution in [3.05, 3.63) is 35.4 Å². The lowest BCUT2D eigenvalue weighted by atomic mass is 10.1. The molecule has 0 unspecified atom stereocenters. The Kier molecular flexibility index (Phi) is 4.12. The summed E-state index contributed by atoms with van der Waals surface area (Å²) in [6.07, 6.45) is 3.57. The fraction of sp³-hybridized carbons (Fsp3) is 0.462. The Morgan fingerprint density at radius 3 is 2.76 bits per heavy atom. The van der Waals surface area contributed by atoms with Crippen molar-refractivity contribution in [3.8, 4) is 0 Å². The van der Waals surface area contributed by atoms with E-state index < -0.39 is 0 Å². The van der Waals surface area contributed by atoms with E-state index in [0.717, 1.165) is 31.5 Å². The van der Waals surface area contributed by atoms with Crippen LogP contribution in [0.2, 0.25) is 0 Å². The summed E-state index contributed by atoms with van der Waals surface area (Å²) in [4.78, 5) is 12.0. The quantitative estimate of drug-likeness (QED) is 0.826. The van der Waals surface area contributed by atoms with E-state index in [1.807, 2.05) is 29.3 Å². The molecular weight excluding hydrogens is 214 g/mol. The average Bonchev–Trinajstić information content (AvgIpc) is 2.40. The molecule has 1 aromatic rings. The Morgan fingerprint density at radius 2 is 2.06 bits per heavy atom. The number of carbonyl (C=O) groups excluding carboxylic acids is 1. The first kappa shape index (κ1) is 12.1. The van der Waals surface area contributed by atoms with Gasteiger partial charge in [-0.2, -0.15) is 0 Å². The molecule has 3 N–H and O–H groups in total. The summed E-state index contributed by atoms with van der Waals surface area (Å²) in [5.41, 5.74) is 10.2. The molecule has 0 aliphatic carbocycles. The predicted octanol–water partition coefficient (Wildman–Crippen LogP) is 1.28. The molecule has 0 saturated carbocycles. The highest BCUT2D eigenvalue weighted by atomic mass is 16.2. The van der Waals surface area contributed by atoms with Crippen molar-refractivity contribution in [1.29, 1.82) is 0 Å². The minimum atomic E-state index is -0.0396. The van der Waals surface area contributed by atoms with Crippen LogP contribution < -0.4 is 11.2 Å². The number of rotatable bonds is 3. The normalized spacial score (nSPS) is 16.8. The Hall–Kier alpha value is -1.39. The van der Waals surface area contributed by atoms with Crippen molar-refractivity contribution in [2.75, 3.05) is 13.1 Å². The van der Waals surface area contributed by atoms with Crippen LogP contribution in [-0.2, 0) is 6.54 Å². The molecule has 0 spiro atoms. The lowest BCUT2D eigenvalue weighted by Crippen LogP contribution is -2.45. The van der Waals surface area contributed by atoms with Crippen molar-refractivity contribution in [2.24, 2.45) is 5.73 Å². The summed E-state index contributed by atoms with van der Waals surface area (Å²) in [5, 5.41) is 2.00. The molecule has 1 aliphatic rings. The van der Waals surface area contributed by atoms with Gasteiger partial charge in [-0.05, 0) is 30.5 Å². The van der Waals surface area contributed by atoms with Gasteiger partial charge in [0.2, 0.25) is 0 Å². The first-order chi connectivity index (χ1) is 8.29. The molecule has 2 rings (SSSR count). The fourth-order valence-corrected chi connectivity index (χ4v) is 2.05. The Morgan fingerprint density at radius 1 is 1.29 bits per heavy atom. The molecule has 1 fully saturated rings. The SMILES string of the molecule is NCc1cccc(C(=O)NN2CCCCC2)c1. The molecule has 92 valence electrons. The van der Waals surface area contributed by atoms with Gasteiger partial charge < -0.3 is 5.73 Å². The van der Waals surface area contributed by atoms with Crippen LogP contribution in [0.15, 0.2) is 24.3 Å². The number of hydrazine groups is 1. The smallest absolute Gasteiger partial charge is 0.265 e. The van der Waals surface area contributed by atoms with E-state index in [1.165, 1.54) is 6.42 Å². The van der Waals surface area contributed by atoms with E-state index in [2.05, 4.69) is 5.43 Å². The highest BCUT2D eigenvalue weighted by molar-refractivity contribution is 5.94. The highest BCUT2D eigenvalue weighted by Crippen LogP contribution is 2.08. The van der Waals surface area contributed by atoms with E-state index in [9.17, 15) is 4.79 Å². The van der Waals surface area contributed by atoms with Crippen LogP contribution in [-0.4, -0.2) is 24.0 Å². The maximum atomic E-state index is 12.0. The second kappa shape index (κ2) is 5.80. The zero-order chi connectivity index (χ0) is 12.1. The van der Waals surface area contributed by atoms with Gasteiger partial charge in [-0.3, -0.25) is 10.2 Å². The number of piperidine rings is 1. The number of hydrogen-bond donors (Lipinski definition) is 2. The number of nitrogens with two attached hydrogens (primary N) is 1. The van der Waals surface area contributed by atoms with E-state index in [0.29, 0.717) is 12.1 Å². The van der Waals surface area contributed by atoms with Gasteiger partial charge in [-0.1, -0.05) is 18.6 Å². The zero-order valence-corrected chi connectivity index (χ0v) is 9.98. The van der Waals surface area contributed by atoms with Gasteiger partial charge in [0, 0.05) is 25.2 Å². The molecule has 1 saturated heterocycles. The fourth-order valence-electron chi connectivity index (χ4n) is 2.05. The topological polar surface area (TPSA) is 58.4 Å². The van der Waals surface area contributed by atoms with Crippen LogP contribution >= 0.6 is 0 Å². The van der Waals surface area contributed by atoms with E-state index >= 15 is 0 Å². The molecule has 4 heteroatoms. The van der Waals surface area contributed by atoms with E-state index in [1.54, 1.807) is 0 Å². The number of carbonyl (C=O) groups is 1. The minimum Gasteiger partial charge on any atom is -0.326 e. The minimum absolute atomic E-state index is 0.0396. The summed E-state index contributed by atoms with van der Waals surface area (Å²) in [7, 11) is 0. The molecular formula is C13H19N3O. The molecule has 1 aliphatic heterocycles. The molecule has 0 aromatic heterocycles. The molecule has 1 heterocycles. The highest BCUT2D eigenvalue weighted by Gasteiger charge is 2.13. The Bertz CT molecular complexity index is 386. The first-order valence-electron chi connectivity index (χ1n) is 6.14. The number of amides is 1. The summed E-state index contributed by atoms with van der Waals surface area (Å²) in [6, 6.07) is 7.46. The molecule has 4 nitrogen and oxygen atoms in total. The molecule has 0 bridgehead atoms. The van der Waals surface area contributed by atoms with Crippen molar-refractivity contribution in [2.45, 2.75) is 25.8 Å². The molecule has 17 heavy (non-hydrogen) atoms. The monoisotopic (exact) mass is 233 g/mol. The zero-order valence-electron chi connectivity index (χ0n) is 9.98. The molecule has 0 radical (unpaired) electrons. The number of hydrogen-bond acceptors (Lipinski definition) is 3. The van der Waals surface area contributed by atoms with Crippen LogP contribution in [0, 0.1) is 0 Å². The number of nitrogens with zero attached hydrogens (tertiary/aromatic N) is 1. The maximum Gasteiger partial charge on any atom is 0.265 e. The van der Waals surface area contributed by atoms with Crippen molar-refractivity contribution >= 4 is 5.91 Å². The third-order valence-corrected chi connectivity index (χ3v) is 3.04. The van der Waals surface area contributed by atoms with Crippen LogP contribution in [0.5, 0.6) is 0 Å². The standard InChI is InChI=1S/C13H19N3O/c14-10-11-5-4-6-12(9-11)13(17)15-16-7-2-1-3-8-16/h4-6,9H,1-3,7-8,10,14H2,(H,15,17). The molecule has 1 amide bonds. The summed E-state index contributed by atoms with van der Waals surface area (Å²) < 4.78 is 0. The van der Waals surface area contributed by atoms with Crippen LogP contribution in [0.25, 0.3) is 0 Å². The Labute approximate surface area is 102 Å². The Balaban J connectivity index is 1.98. The largest absolute Gasteiger partial charge is 0.326 e. The maximum absolute atomic E-state index is 12.0. The van der Waals surface area contributed by atoms with Gasteiger partial charge in [0.1, 0.15) is 0 Å². The second-order valence-electron chi connectivity index (χ2n) is 4.39. The second-order valence-corrected chi connectivity index (χ2v) is 4.39. The summed E-state index contributed by atoms with van der Waals surface area (Å²) in [6.45, 7) is 2.36. The van der Waals surface area contributed by atoms with Crippen molar-refractivity contribution < 1.29 is 4.79 Å². The van der Waals surface area contributed by atoms with Crippen molar-refractivity contribution in [3.63, 3.8) is 0 Å². The van der Waals surface area contributed by atoms with Gasteiger partial charge in [-0.25, -0.2) is 5.01 Å². The molecule has 1 aromatic carbocycles. The van der Waals surface area contributed by atoms with Gasteiger partial charge in [0.15, 0.2) is 0 Å². The summed E-state index contributed by atoms with van der Waals surface area (Å²) >= 11 is 0. The first-order valence-corrected chi connectivity index (χ1v) is 6.14. The number of benzene rings is 1. The summed E-state index contributed by atoms with van der Waals surface area (Å²) in [5.74, 6) is -0.0396. The van der Waals surface area contributed by atoms with Gasteiger partial charge in [-0.15, -0.1) is 0 Å².